The van der Waals surface area contributed by atoms with E-state index in [2.05, 4.69) is 9.97 Å². The summed E-state index contributed by atoms with van der Waals surface area (Å²) in [7, 11) is 0. The van der Waals surface area contributed by atoms with E-state index >= 15 is 0 Å². The Morgan fingerprint density at radius 1 is 1.48 bits per heavy atom. The molecular weight excluding hydrogens is 272 g/mol. The Labute approximate surface area is 120 Å². The second kappa shape index (κ2) is 5.63. The van der Waals surface area contributed by atoms with Crippen molar-refractivity contribution in [1.82, 2.24) is 14.9 Å². The first kappa shape index (κ1) is 13.1. The Balaban J connectivity index is 1.65. The van der Waals surface area contributed by atoms with E-state index in [0.29, 0.717) is 25.3 Å². The molecule has 1 amide bonds. The molecule has 0 N–H and O–H groups in total. The van der Waals surface area contributed by atoms with E-state index < -0.39 is 0 Å². The Kier molecular flexibility index (Phi) is 3.51. The lowest BCUT2D eigenvalue weighted by Gasteiger charge is -2.15. The molecule has 2 aromatic rings. The molecular formula is C14H12N4O3. The fraction of sp³-hybridized carbons (Fsp3) is 0.286. The minimum Gasteiger partial charge on any atom is -0.470 e. The molecule has 0 bridgehead atoms. The van der Waals surface area contributed by atoms with Crippen molar-refractivity contribution in [2.24, 2.45) is 0 Å². The average molecular weight is 284 g/mol. The van der Waals surface area contributed by atoms with Crippen LogP contribution in [-0.2, 0) is 0 Å². The number of furan rings is 1. The SMILES string of the molecule is N#Cc1nccnc1O[C@H]1CCN(C(=O)c2ccco2)C1. The van der Waals surface area contributed by atoms with Gasteiger partial charge in [-0.3, -0.25) is 4.79 Å². The number of aromatic nitrogens is 2. The molecule has 0 spiro atoms. The maximum Gasteiger partial charge on any atom is 0.289 e. The molecule has 7 nitrogen and oxygen atoms in total. The van der Waals surface area contributed by atoms with Crippen LogP contribution in [0.3, 0.4) is 0 Å². The molecule has 1 fully saturated rings. The first-order valence-electron chi connectivity index (χ1n) is 6.48. The van der Waals surface area contributed by atoms with Crippen LogP contribution in [0.2, 0.25) is 0 Å². The van der Waals surface area contributed by atoms with E-state index in [-0.39, 0.29) is 23.6 Å². The molecule has 0 aliphatic carbocycles. The zero-order valence-corrected chi connectivity index (χ0v) is 11.1. The number of hydrogen-bond donors (Lipinski definition) is 0. The van der Waals surface area contributed by atoms with Crippen LogP contribution in [0.25, 0.3) is 0 Å². The number of hydrogen-bond acceptors (Lipinski definition) is 6. The number of likely N-dealkylation sites (tertiary alicyclic amines) is 1. The van der Waals surface area contributed by atoms with Crippen LogP contribution in [0.5, 0.6) is 5.88 Å². The van der Waals surface area contributed by atoms with E-state index in [1.165, 1.54) is 18.7 Å². The van der Waals surface area contributed by atoms with Crippen LogP contribution < -0.4 is 4.74 Å². The number of rotatable bonds is 3. The molecule has 0 saturated carbocycles. The molecule has 1 atom stereocenters. The van der Waals surface area contributed by atoms with Crippen molar-refractivity contribution in [3.8, 4) is 11.9 Å². The van der Waals surface area contributed by atoms with Crippen LogP contribution in [0.4, 0.5) is 0 Å². The van der Waals surface area contributed by atoms with Gasteiger partial charge in [0.25, 0.3) is 11.8 Å². The van der Waals surface area contributed by atoms with Crippen molar-refractivity contribution in [3.63, 3.8) is 0 Å². The lowest BCUT2D eigenvalue weighted by Crippen LogP contribution is -2.30. The maximum atomic E-state index is 12.1. The Bertz CT molecular complexity index is 678. The molecule has 3 heterocycles. The minimum atomic E-state index is -0.201. The van der Waals surface area contributed by atoms with Gasteiger partial charge in [0.2, 0.25) is 5.69 Å². The highest BCUT2D eigenvalue weighted by molar-refractivity contribution is 5.91. The van der Waals surface area contributed by atoms with E-state index in [0.717, 1.165) is 0 Å². The highest BCUT2D eigenvalue weighted by atomic mass is 16.5. The van der Waals surface area contributed by atoms with E-state index in [1.54, 1.807) is 17.0 Å². The van der Waals surface area contributed by atoms with Crippen molar-refractivity contribution < 1.29 is 13.9 Å². The zero-order chi connectivity index (χ0) is 14.7. The standard InChI is InChI=1S/C14H12N4O3/c15-8-11-13(17-5-4-16-11)21-10-3-6-18(9-10)14(19)12-2-1-7-20-12/h1-2,4-5,7,10H,3,6,9H2/t10-/m0/s1. The molecule has 2 aromatic heterocycles. The maximum absolute atomic E-state index is 12.1. The number of carbonyl (C=O) groups excluding carboxylic acids is 1. The lowest BCUT2D eigenvalue weighted by molar-refractivity contribution is 0.0739. The summed E-state index contributed by atoms with van der Waals surface area (Å²) in [5.41, 5.74) is 0.147. The second-order valence-electron chi connectivity index (χ2n) is 4.58. The predicted molar refractivity (Wildman–Crippen MR) is 70.4 cm³/mol. The molecule has 21 heavy (non-hydrogen) atoms. The Morgan fingerprint density at radius 2 is 2.33 bits per heavy atom. The second-order valence-corrected chi connectivity index (χ2v) is 4.58. The molecule has 1 aliphatic heterocycles. The number of carbonyl (C=O) groups is 1. The fourth-order valence-corrected chi connectivity index (χ4v) is 2.21. The third kappa shape index (κ3) is 2.69. The van der Waals surface area contributed by atoms with E-state index in [9.17, 15) is 4.79 Å². The summed E-state index contributed by atoms with van der Waals surface area (Å²) in [6.45, 7) is 1.01. The van der Waals surface area contributed by atoms with Gasteiger partial charge in [0.05, 0.1) is 12.8 Å². The predicted octanol–water partition coefficient (Wildman–Crippen LogP) is 1.23. The van der Waals surface area contributed by atoms with Crippen molar-refractivity contribution in [2.45, 2.75) is 12.5 Å². The fourth-order valence-electron chi connectivity index (χ4n) is 2.21. The molecule has 106 valence electrons. The zero-order valence-electron chi connectivity index (χ0n) is 11.1. The van der Waals surface area contributed by atoms with Gasteiger partial charge in [-0.15, -0.1) is 0 Å². The minimum absolute atomic E-state index is 0.147. The first-order valence-corrected chi connectivity index (χ1v) is 6.48. The lowest BCUT2D eigenvalue weighted by atomic mass is 10.3. The van der Waals surface area contributed by atoms with Gasteiger partial charge in [0, 0.05) is 25.4 Å². The summed E-state index contributed by atoms with van der Waals surface area (Å²) >= 11 is 0. The molecule has 3 rings (SSSR count). The van der Waals surface area contributed by atoms with Crippen LogP contribution in [0, 0.1) is 11.3 Å². The average Bonchev–Trinajstić information content (AvgIpc) is 3.19. The smallest absolute Gasteiger partial charge is 0.289 e. The van der Waals surface area contributed by atoms with Gasteiger partial charge in [-0.05, 0) is 12.1 Å². The quantitative estimate of drug-likeness (QED) is 0.841. The molecule has 1 aliphatic rings. The Hall–Kier alpha value is -2.88. The van der Waals surface area contributed by atoms with Crippen LogP contribution in [-0.4, -0.2) is 40.0 Å². The van der Waals surface area contributed by atoms with Crippen LogP contribution >= 0.6 is 0 Å². The van der Waals surface area contributed by atoms with Gasteiger partial charge in [0.15, 0.2) is 5.76 Å². The number of nitrogens with zero attached hydrogens (tertiary/aromatic N) is 4. The molecule has 7 heteroatoms. The van der Waals surface area contributed by atoms with Crippen molar-refractivity contribution in [2.75, 3.05) is 13.1 Å². The van der Waals surface area contributed by atoms with Crippen molar-refractivity contribution in [1.29, 1.82) is 5.26 Å². The monoisotopic (exact) mass is 284 g/mol. The molecule has 0 unspecified atom stereocenters. The van der Waals surface area contributed by atoms with Crippen molar-refractivity contribution in [3.05, 3.63) is 42.2 Å². The number of amides is 1. The number of ether oxygens (including phenoxy) is 1. The van der Waals surface area contributed by atoms with E-state index in [4.69, 9.17) is 14.4 Å². The number of nitriles is 1. The summed E-state index contributed by atoms with van der Waals surface area (Å²) in [6, 6.07) is 5.24. The highest BCUT2D eigenvalue weighted by Crippen LogP contribution is 2.20. The normalized spacial score (nSPS) is 17.5. The van der Waals surface area contributed by atoms with E-state index in [1.807, 2.05) is 6.07 Å². The van der Waals surface area contributed by atoms with Crippen molar-refractivity contribution >= 4 is 5.91 Å². The molecule has 1 saturated heterocycles. The van der Waals surface area contributed by atoms with Gasteiger partial charge in [-0.1, -0.05) is 0 Å². The first-order chi connectivity index (χ1) is 10.3. The summed E-state index contributed by atoms with van der Waals surface area (Å²) in [6.07, 6.45) is 4.85. The summed E-state index contributed by atoms with van der Waals surface area (Å²) < 4.78 is 10.8. The third-order valence-corrected chi connectivity index (χ3v) is 3.21. The van der Waals surface area contributed by atoms with Crippen LogP contribution in [0.15, 0.2) is 35.2 Å². The summed E-state index contributed by atoms with van der Waals surface area (Å²) in [4.78, 5) is 21.7. The van der Waals surface area contributed by atoms with Gasteiger partial charge < -0.3 is 14.1 Å². The topological polar surface area (TPSA) is 92.2 Å². The largest absolute Gasteiger partial charge is 0.470 e. The van der Waals surface area contributed by atoms with Gasteiger partial charge in [-0.25, -0.2) is 9.97 Å². The highest BCUT2D eigenvalue weighted by Gasteiger charge is 2.30. The third-order valence-electron chi connectivity index (χ3n) is 3.21. The van der Waals surface area contributed by atoms with Crippen LogP contribution in [0.1, 0.15) is 22.7 Å². The molecule has 0 aromatic carbocycles. The van der Waals surface area contributed by atoms with Gasteiger partial charge in [0.1, 0.15) is 12.2 Å². The van der Waals surface area contributed by atoms with Gasteiger partial charge >= 0.3 is 0 Å². The summed E-state index contributed by atoms with van der Waals surface area (Å²) in [5, 5.41) is 8.95. The summed E-state index contributed by atoms with van der Waals surface area (Å²) in [5.74, 6) is 0.357. The molecule has 0 radical (unpaired) electrons. The Morgan fingerprint density at radius 3 is 3.10 bits per heavy atom. The van der Waals surface area contributed by atoms with Gasteiger partial charge in [-0.2, -0.15) is 5.26 Å².